The Kier molecular flexibility index (Phi) is 6.30. The number of fused-ring (bicyclic) bond motifs is 3. The Bertz CT molecular complexity index is 1250. The lowest BCUT2D eigenvalue weighted by Crippen LogP contribution is -2.39. The van der Waals surface area contributed by atoms with Crippen molar-refractivity contribution in [3.05, 3.63) is 48.0 Å². The van der Waals surface area contributed by atoms with Crippen molar-refractivity contribution in [1.82, 2.24) is 20.3 Å². The van der Waals surface area contributed by atoms with Crippen LogP contribution in [-0.2, 0) is 0 Å². The van der Waals surface area contributed by atoms with Crippen LogP contribution in [0, 0.1) is 0 Å². The maximum atomic E-state index is 13.7. The highest BCUT2D eigenvalue weighted by atomic mass is 19.1. The first kappa shape index (κ1) is 22.8. The SMILES string of the molecule is CCNc1ncc2c(n1)N1CCCC1CN(c1cccc(-c3nc(C(=O)NCCF)co3)c1)C2=O. The summed E-state index contributed by atoms with van der Waals surface area (Å²) >= 11 is 0. The predicted octanol–water partition coefficient (Wildman–Crippen LogP) is 2.89. The number of carbonyl (C=O) groups excluding carboxylic acids is 2. The van der Waals surface area contributed by atoms with Crippen molar-refractivity contribution >= 4 is 29.3 Å². The minimum absolute atomic E-state index is 0.0638. The van der Waals surface area contributed by atoms with E-state index in [2.05, 4.69) is 30.5 Å². The molecule has 0 radical (unpaired) electrons. The Hall–Kier alpha value is -4.02. The summed E-state index contributed by atoms with van der Waals surface area (Å²) in [7, 11) is 0. The zero-order chi connectivity index (χ0) is 24.4. The van der Waals surface area contributed by atoms with Crippen LogP contribution in [0.1, 0.15) is 40.6 Å². The van der Waals surface area contributed by atoms with Gasteiger partial charge in [0, 0.05) is 49.7 Å². The number of oxazole rings is 1. The van der Waals surface area contributed by atoms with E-state index in [4.69, 9.17) is 4.42 Å². The van der Waals surface area contributed by atoms with E-state index in [1.54, 1.807) is 17.2 Å². The molecule has 0 saturated carbocycles. The van der Waals surface area contributed by atoms with Crippen LogP contribution < -0.4 is 20.4 Å². The molecule has 35 heavy (non-hydrogen) atoms. The first-order valence-electron chi connectivity index (χ1n) is 11.7. The molecule has 1 aromatic carbocycles. The number of hydrogen-bond acceptors (Lipinski definition) is 8. The molecular formula is C24H26FN7O3. The molecule has 1 fully saturated rings. The second kappa shape index (κ2) is 9.69. The van der Waals surface area contributed by atoms with Gasteiger partial charge >= 0.3 is 0 Å². The number of benzene rings is 1. The molecule has 3 aromatic rings. The van der Waals surface area contributed by atoms with Crippen molar-refractivity contribution in [2.24, 2.45) is 0 Å². The van der Waals surface area contributed by atoms with E-state index in [0.717, 1.165) is 19.4 Å². The third-order valence-electron chi connectivity index (χ3n) is 6.14. The van der Waals surface area contributed by atoms with E-state index >= 15 is 0 Å². The Morgan fingerprint density at radius 3 is 3.03 bits per heavy atom. The fourth-order valence-electron chi connectivity index (χ4n) is 4.52. The van der Waals surface area contributed by atoms with Gasteiger partial charge in [0.25, 0.3) is 11.8 Å². The fraction of sp³-hybridized carbons (Fsp3) is 0.375. The van der Waals surface area contributed by atoms with Gasteiger partial charge in [-0.15, -0.1) is 0 Å². The predicted molar refractivity (Wildman–Crippen MR) is 128 cm³/mol. The van der Waals surface area contributed by atoms with E-state index in [0.29, 0.717) is 41.7 Å². The third-order valence-corrected chi connectivity index (χ3v) is 6.14. The second-order valence-corrected chi connectivity index (χ2v) is 8.40. The Balaban J connectivity index is 1.46. The Labute approximate surface area is 201 Å². The highest BCUT2D eigenvalue weighted by Crippen LogP contribution is 2.35. The maximum absolute atomic E-state index is 13.7. The molecule has 2 aromatic heterocycles. The van der Waals surface area contributed by atoms with Crippen LogP contribution >= 0.6 is 0 Å². The van der Waals surface area contributed by atoms with Crippen LogP contribution in [0.2, 0.25) is 0 Å². The summed E-state index contributed by atoms with van der Waals surface area (Å²) in [5.41, 5.74) is 1.83. The number of nitrogens with zero attached hydrogens (tertiary/aromatic N) is 5. The highest BCUT2D eigenvalue weighted by Gasteiger charge is 2.37. The molecule has 182 valence electrons. The number of amides is 2. The molecule has 2 aliphatic heterocycles. The van der Waals surface area contributed by atoms with Crippen molar-refractivity contribution in [3.63, 3.8) is 0 Å². The van der Waals surface area contributed by atoms with E-state index < -0.39 is 12.6 Å². The molecule has 11 heteroatoms. The molecule has 10 nitrogen and oxygen atoms in total. The van der Waals surface area contributed by atoms with E-state index in [1.165, 1.54) is 6.26 Å². The van der Waals surface area contributed by atoms with Crippen molar-refractivity contribution in [2.75, 3.05) is 48.0 Å². The van der Waals surface area contributed by atoms with Gasteiger partial charge in [-0.25, -0.2) is 14.4 Å². The summed E-state index contributed by atoms with van der Waals surface area (Å²) in [6, 6.07) is 7.42. The van der Waals surface area contributed by atoms with Gasteiger partial charge in [-0.2, -0.15) is 4.98 Å². The molecule has 2 N–H and O–H groups in total. The van der Waals surface area contributed by atoms with E-state index in [1.807, 2.05) is 25.1 Å². The van der Waals surface area contributed by atoms with Crippen molar-refractivity contribution in [1.29, 1.82) is 0 Å². The zero-order valence-corrected chi connectivity index (χ0v) is 19.3. The Morgan fingerprint density at radius 1 is 1.31 bits per heavy atom. The molecule has 1 unspecified atom stereocenters. The number of halogens is 1. The van der Waals surface area contributed by atoms with E-state index in [-0.39, 0.29) is 30.1 Å². The highest BCUT2D eigenvalue weighted by molar-refractivity contribution is 6.10. The number of nitrogens with one attached hydrogen (secondary N) is 2. The lowest BCUT2D eigenvalue weighted by molar-refractivity contribution is 0.0944. The van der Waals surface area contributed by atoms with Crippen LogP contribution in [0.25, 0.3) is 11.5 Å². The van der Waals surface area contributed by atoms with Gasteiger partial charge in [-0.05, 0) is 38.0 Å². The van der Waals surface area contributed by atoms with Crippen LogP contribution in [0.5, 0.6) is 0 Å². The first-order chi connectivity index (χ1) is 17.1. The summed E-state index contributed by atoms with van der Waals surface area (Å²) < 4.78 is 17.8. The molecule has 0 spiro atoms. The minimum Gasteiger partial charge on any atom is -0.444 e. The zero-order valence-electron chi connectivity index (χ0n) is 19.3. The third kappa shape index (κ3) is 4.41. The first-order valence-corrected chi connectivity index (χ1v) is 11.7. The van der Waals surface area contributed by atoms with Gasteiger partial charge in [0.2, 0.25) is 11.8 Å². The minimum atomic E-state index is -0.661. The molecule has 1 atom stereocenters. The summed E-state index contributed by atoms with van der Waals surface area (Å²) in [4.78, 5) is 42.9. The number of anilines is 3. The lowest BCUT2D eigenvalue weighted by Gasteiger charge is -2.27. The number of carbonyl (C=O) groups is 2. The summed E-state index contributed by atoms with van der Waals surface area (Å²) in [6.07, 6.45) is 4.81. The maximum Gasteiger partial charge on any atom is 0.273 e. The number of hydrogen-bond donors (Lipinski definition) is 2. The van der Waals surface area contributed by atoms with Crippen LogP contribution in [0.15, 0.2) is 41.1 Å². The average Bonchev–Trinajstić information content (AvgIpc) is 3.54. The van der Waals surface area contributed by atoms with Gasteiger partial charge in [0.05, 0.1) is 0 Å². The molecule has 2 aliphatic rings. The topological polar surface area (TPSA) is 116 Å². The number of aromatic nitrogens is 3. The molecule has 2 amide bonds. The number of alkyl halides is 1. The van der Waals surface area contributed by atoms with Crippen molar-refractivity contribution in [3.8, 4) is 11.5 Å². The summed E-state index contributed by atoms with van der Waals surface area (Å²) in [5.74, 6) is 0.731. The summed E-state index contributed by atoms with van der Waals surface area (Å²) in [6.45, 7) is 3.26. The molecule has 0 aliphatic carbocycles. The molecular weight excluding hydrogens is 453 g/mol. The monoisotopic (exact) mass is 479 g/mol. The smallest absolute Gasteiger partial charge is 0.273 e. The fourth-order valence-corrected chi connectivity index (χ4v) is 4.52. The van der Waals surface area contributed by atoms with Crippen LogP contribution in [0.4, 0.5) is 21.8 Å². The van der Waals surface area contributed by atoms with Crippen LogP contribution in [-0.4, -0.2) is 65.7 Å². The van der Waals surface area contributed by atoms with Crippen molar-refractivity contribution in [2.45, 2.75) is 25.8 Å². The molecule has 1 saturated heterocycles. The lowest BCUT2D eigenvalue weighted by atomic mass is 10.1. The van der Waals surface area contributed by atoms with Gasteiger partial charge in [0.15, 0.2) is 5.69 Å². The van der Waals surface area contributed by atoms with Gasteiger partial charge in [-0.3, -0.25) is 9.59 Å². The van der Waals surface area contributed by atoms with Gasteiger partial charge in [-0.1, -0.05) is 6.07 Å². The normalized spacial score (nSPS) is 17.1. The quantitative estimate of drug-likeness (QED) is 0.531. The largest absolute Gasteiger partial charge is 0.444 e. The average molecular weight is 480 g/mol. The molecule has 5 rings (SSSR count). The molecule has 0 bridgehead atoms. The number of rotatable bonds is 7. The van der Waals surface area contributed by atoms with Crippen LogP contribution in [0.3, 0.4) is 0 Å². The summed E-state index contributed by atoms with van der Waals surface area (Å²) in [5, 5.41) is 5.55. The van der Waals surface area contributed by atoms with Gasteiger partial charge in [0.1, 0.15) is 24.3 Å². The molecule has 4 heterocycles. The standard InChI is InChI=1S/C24H26FN7O3/c1-2-26-24-28-12-18-20(30-24)31-10-4-7-17(31)13-32(23(18)34)16-6-3-5-15(11-16)22-29-19(14-35-22)21(33)27-9-8-25/h3,5-6,11-12,14,17H,2,4,7-10,13H2,1H3,(H,27,33)(H,26,28,30). The van der Waals surface area contributed by atoms with E-state index in [9.17, 15) is 14.0 Å². The van der Waals surface area contributed by atoms with Gasteiger partial charge < -0.3 is 24.9 Å². The Morgan fingerprint density at radius 2 is 2.20 bits per heavy atom. The van der Waals surface area contributed by atoms with Crippen molar-refractivity contribution < 1.29 is 18.4 Å². The second-order valence-electron chi connectivity index (χ2n) is 8.40.